The van der Waals surface area contributed by atoms with Crippen molar-refractivity contribution in [2.45, 2.75) is 26.4 Å². The molecule has 0 spiro atoms. The van der Waals surface area contributed by atoms with Gasteiger partial charge in [-0.3, -0.25) is 0 Å². The molecule has 1 radical (unpaired) electrons. The average Bonchev–Trinajstić information content (AvgIpc) is 2.80. The molecule has 0 aliphatic rings. The van der Waals surface area contributed by atoms with Crippen molar-refractivity contribution in [3.8, 4) is 5.75 Å². The molecule has 2 heteroatoms. The van der Waals surface area contributed by atoms with Gasteiger partial charge in [0.15, 0.2) is 6.26 Å². The highest BCUT2D eigenvalue weighted by molar-refractivity contribution is 5.28. The Balaban J connectivity index is 1.95. The molecule has 0 atom stereocenters. The van der Waals surface area contributed by atoms with Crippen LogP contribution in [-0.4, -0.2) is 0 Å². The minimum atomic E-state index is 0.449. The molecule has 0 saturated heterocycles. The molecule has 0 amide bonds. The smallest absolute Gasteiger partial charge is 0.169 e. The van der Waals surface area contributed by atoms with Crippen LogP contribution in [0.4, 0.5) is 0 Å². The summed E-state index contributed by atoms with van der Waals surface area (Å²) in [5, 5.41) is 0. The van der Waals surface area contributed by atoms with E-state index in [9.17, 15) is 0 Å². The van der Waals surface area contributed by atoms with E-state index in [1.54, 1.807) is 6.07 Å². The molecule has 0 unspecified atom stereocenters. The van der Waals surface area contributed by atoms with Gasteiger partial charge in [0.2, 0.25) is 0 Å². The van der Waals surface area contributed by atoms with Crippen molar-refractivity contribution < 1.29 is 9.15 Å². The average molecular weight is 215 g/mol. The first-order chi connectivity index (χ1) is 7.75. The van der Waals surface area contributed by atoms with E-state index in [-0.39, 0.29) is 0 Å². The number of benzene rings is 1. The summed E-state index contributed by atoms with van der Waals surface area (Å²) in [6, 6.07) is 11.7. The lowest BCUT2D eigenvalue weighted by atomic mass is 10.0. The van der Waals surface area contributed by atoms with Gasteiger partial charge in [-0.1, -0.05) is 26.0 Å². The fourth-order valence-corrected chi connectivity index (χ4v) is 1.45. The molecule has 1 aromatic carbocycles. The van der Waals surface area contributed by atoms with Crippen molar-refractivity contribution in [3.05, 3.63) is 54.0 Å². The second-order valence-electron chi connectivity index (χ2n) is 4.03. The Morgan fingerprint density at radius 3 is 2.50 bits per heavy atom. The van der Waals surface area contributed by atoms with E-state index in [0.29, 0.717) is 12.5 Å². The monoisotopic (exact) mass is 215 g/mol. The maximum absolute atomic E-state index is 5.57. The Labute approximate surface area is 95.9 Å². The predicted molar refractivity (Wildman–Crippen MR) is 62.4 cm³/mol. The molecule has 0 aliphatic carbocycles. The first kappa shape index (κ1) is 10.8. The van der Waals surface area contributed by atoms with Crippen LogP contribution in [0.1, 0.15) is 31.1 Å². The highest BCUT2D eigenvalue weighted by Gasteiger charge is 2.00. The second-order valence-corrected chi connectivity index (χ2v) is 4.03. The van der Waals surface area contributed by atoms with Crippen LogP contribution in [-0.2, 0) is 6.61 Å². The van der Waals surface area contributed by atoms with Crippen molar-refractivity contribution in [2.75, 3.05) is 0 Å². The van der Waals surface area contributed by atoms with Gasteiger partial charge in [-0.05, 0) is 35.7 Å². The van der Waals surface area contributed by atoms with Gasteiger partial charge in [0.05, 0.1) is 0 Å². The van der Waals surface area contributed by atoms with E-state index in [4.69, 9.17) is 9.15 Å². The van der Waals surface area contributed by atoms with Gasteiger partial charge in [0.25, 0.3) is 0 Å². The third-order valence-electron chi connectivity index (χ3n) is 2.46. The van der Waals surface area contributed by atoms with Crippen LogP contribution in [0.3, 0.4) is 0 Å². The summed E-state index contributed by atoms with van der Waals surface area (Å²) in [5.41, 5.74) is 1.32. The Hall–Kier alpha value is -1.70. The molecule has 0 aliphatic heterocycles. The van der Waals surface area contributed by atoms with Crippen LogP contribution in [0.2, 0.25) is 0 Å². The zero-order valence-electron chi connectivity index (χ0n) is 9.57. The van der Waals surface area contributed by atoms with Crippen molar-refractivity contribution in [1.82, 2.24) is 0 Å². The largest absolute Gasteiger partial charge is 0.486 e. The zero-order valence-corrected chi connectivity index (χ0v) is 9.57. The molecule has 16 heavy (non-hydrogen) atoms. The van der Waals surface area contributed by atoms with Gasteiger partial charge in [-0.25, -0.2) is 0 Å². The molecule has 2 rings (SSSR count). The second kappa shape index (κ2) is 4.88. The van der Waals surface area contributed by atoms with Gasteiger partial charge < -0.3 is 9.15 Å². The third kappa shape index (κ3) is 2.66. The molecule has 1 heterocycles. The predicted octanol–water partition coefficient (Wildman–Crippen LogP) is 3.78. The van der Waals surface area contributed by atoms with Crippen LogP contribution in [0, 0.1) is 6.26 Å². The van der Waals surface area contributed by atoms with E-state index < -0.39 is 0 Å². The topological polar surface area (TPSA) is 22.4 Å². The van der Waals surface area contributed by atoms with Crippen LogP contribution in [0.15, 0.2) is 40.8 Å². The molecule has 0 fully saturated rings. The fourth-order valence-electron chi connectivity index (χ4n) is 1.45. The molecular weight excluding hydrogens is 200 g/mol. The van der Waals surface area contributed by atoms with Crippen molar-refractivity contribution in [3.63, 3.8) is 0 Å². The minimum Gasteiger partial charge on any atom is -0.486 e. The molecule has 2 aromatic rings. The maximum Gasteiger partial charge on any atom is 0.169 e. The van der Waals surface area contributed by atoms with Crippen molar-refractivity contribution >= 4 is 0 Å². The summed E-state index contributed by atoms with van der Waals surface area (Å²) in [6.45, 7) is 4.80. The lowest BCUT2D eigenvalue weighted by Crippen LogP contribution is -1.94. The quantitative estimate of drug-likeness (QED) is 0.774. The molecule has 83 valence electrons. The Kier molecular flexibility index (Phi) is 3.30. The Bertz CT molecular complexity index is 413. The summed E-state index contributed by atoms with van der Waals surface area (Å²) >= 11 is 0. The zero-order chi connectivity index (χ0) is 11.4. The first-order valence-electron chi connectivity index (χ1n) is 5.43. The highest BCUT2D eigenvalue weighted by Crippen LogP contribution is 2.19. The summed E-state index contributed by atoms with van der Waals surface area (Å²) in [4.78, 5) is 0. The third-order valence-corrected chi connectivity index (χ3v) is 2.46. The molecule has 0 bridgehead atoms. The SMILES string of the molecule is CC(C)c1ccc(OCc2cc[c]o2)cc1. The van der Waals surface area contributed by atoms with Gasteiger partial charge in [-0.15, -0.1) is 0 Å². The van der Waals surface area contributed by atoms with Crippen LogP contribution in [0.5, 0.6) is 5.75 Å². The molecule has 0 saturated carbocycles. The number of furan rings is 1. The number of hydrogen-bond donors (Lipinski definition) is 0. The standard InChI is InChI=1S/C14H15O2/c1-11(2)12-5-7-13(8-6-12)16-10-14-4-3-9-15-14/h3-8,11H,10H2,1-2H3. The van der Waals surface area contributed by atoms with Crippen LogP contribution >= 0.6 is 0 Å². The van der Waals surface area contributed by atoms with E-state index in [1.807, 2.05) is 18.2 Å². The molecule has 0 N–H and O–H groups in total. The van der Waals surface area contributed by atoms with Gasteiger partial charge in [-0.2, -0.15) is 0 Å². The summed E-state index contributed by atoms with van der Waals surface area (Å²) in [5.74, 6) is 2.20. The number of rotatable bonds is 4. The first-order valence-corrected chi connectivity index (χ1v) is 5.43. The highest BCUT2D eigenvalue weighted by atomic mass is 16.5. The van der Waals surface area contributed by atoms with E-state index in [1.165, 1.54) is 5.56 Å². The Morgan fingerprint density at radius 1 is 1.19 bits per heavy atom. The van der Waals surface area contributed by atoms with Crippen LogP contribution in [0.25, 0.3) is 0 Å². The van der Waals surface area contributed by atoms with Crippen LogP contribution < -0.4 is 4.74 Å². The van der Waals surface area contributed by atoms with E-state index in [2.05, 4.69) is 32.2 Å². The summed E-state index contributed by atoms with van der Waals surface area (Å²) < 4.78 is 10.6. The summed E-state index contributed by atoms with van der Waals surface area (Å²) in [6.07, 6.45) is 2.64. The number of hydrogen-bond acceptors (Lipinski definition) is 2. The molecular formula is C14H15O2. The molecule has 2 nitrogen and oxygen atoms in total. The van der Waals surface area contributed by atoms with Crippen molar-refractivity contribution in [2.24, 2.45) is 0 Å². The van der Waals surface area contributed by atoms with E-state index >= 15 is 0 Å². The number of ether oxygens (including phenoxy) is 1. The van der Waals surface area contributed by atoms with Gasteiger partial charge >= 0.3 is 0 Å². The normalized spacial score (nSPS) is 10.7. The molecule has 1 aromatic heterocycles. The lowest BCUT2D eigenvalue weighted by molar-refractivity contribution is 0.269. The van der Waals surface area contributed by atoms with Gasteiger partial charge in [0.1, 0.15) is 18.1 Å². The summed E-state index contributed by atoms with van der Waals surface area (Å²) in [7, 11) is 0. The van der Waals surface area contributed by atoms with Gasteiger partial charge in [0, 0.05) is 0 Å². The lowest BCUT2D eigenvalue weighted by Gasteiger charge is -2.07. The Morgan fingerprint density at radius 2 is 1.94 bits per heavy atom. The minimum absolute atomic E-state index is 0.449. The van der Waals surface area contributed by atoms with E-state index in [0.717, 1.165) is 11.5 Å². The fraction of sp³-hybridized carbons (Fsp3) is 0.286. The van der Waals surface area contributed by atoms with Crippen molar-refractivity contribution in [1.29, 1.82) is 0 Å². The maximum atomic E-state index is 5.57.